The molecule has 0 aromatic carbocycles. The number of aryl methyl sites for hydroxylation is 1. The Kier molecular flexibility index (Phi) is 2.91. The van der Waals surface area contributed by atoms with Gasteiger partial charge in [0.2, 0.25) is 0 Å². The van der Waals surface area contributed by atoms with Gasteiger partial charge in [-0.1, -0.05) is 0 Å². The standard InChI is InChI=1S/C12H19N3/c1-8-6-7-15-12(14)11(8)9-2-4-10(13)5-3-9/h6-7,9-10H,2-5,13H2,1H3,(H2,14,15). The number of nitrogen functional groups attached to an aromatic ring is 1. The topological polar surface area (TPSA) is 64.9 Å². The Morgan fingerprint density at radius 3 is 2.53 bits per heavy atom. The third-order valence-electron chi connectivity index (χ3n) is 3.42. The molecule has 0 atom stereocenters. The molecule has 0 unspecified atom stereocenters. The number of pyridine rings is 1. The predicted octanol–water partition coefficient (Wildman–Crippen LogP) is 1.96. The van der Waals surface area contributed by atoms with E-state index in [-0.39, 0.29) is 0 Å². The Morgan fingerprint density at radius 1 is 1.27 bits per heavy atom. The van der Waals surface area contributed by atoms with Crippen LogP contribution in [0.5, 0.6) is 0 Å². The van der Waals surface area contributed by atoms with Gasteiger partial charge in [0.1, 0.15) is 5.82 Å². The zero-order valence-electron chi connectivity index (χ0n) is 9.24. The van der Waals surface area contributed by atoms with E-state index in [4.69, 9.17) is 11.5 Å². The fourth-order valence-corrected chi connectivity index (χ4v) is 2.53. The van der Waals surface area contributed by atoms with E-state index < -0.39 is 0 Å². The Labute approximate surface area is 90.9 Å². The Bertz CT molecular complexity index is 320. The maximum Gasteiger partial charge on any atom is 0.127 e. The molecule has 1 aromatic heterocycles. The molecular weight excluding hydrogens is 186 g/mol. The number of hydrogen-bond donors (Lipinski definition) is 2. The summed E-state index contributed by atoms with van der Waals surface area (Å²) in [5.74, 6) is 1.27. The highest BCUT2D eigenvalue weighted by Crippen LogP contribution is 2.35. The van der Waals surface area contributed by atoms with Crippen molar-refractivity contribution >= 4 is 5.82 Å². The van der Waals surface area contributed by atoms with Crippen LogP contribution in [-0.4, -0.2) is 11.0 Å². The number of nitrogens with two attached hydrogens (primary N) is 2. The minimum Gasteiger partial charge on any atom is -0.383 e. The monoisotopic (exact) mass is 205 g/mol. The summed E-state index contributed by atoms with van der Waals surface area (Å²) in [6, 6.07) is 2.43. The van der Waals surface area contributed by atoms with E-state index in [1.54, 1.807) is 6.20 Å². The molecule has 0 radical (unpaired) electrons. The molecule has 0 aliphatic heterocycles. The molecule has 1 aromatic rings. The molecule has 0 saturated heterocycles. The van der Waals surface area contributed by atoms with Crippen molar-refractivity contribution in [2.75, 3.05) is 5.73 Å². The molecule has 3 heteroatoms. The second-order valence-corrected chi connectivity index (χ2v) is 4.54. The van der Waals surface area contributed by atoms with Crippen LogP contribution in [0.3, 0.4) is 0 Å². The molecule has 4 N–H and O–H groups in total. The van der Waals surface area contributed by atoms with Gasteiger partial charge in [0, 0.05) is 17.8 Å². The number of rotatable bonds is 1. The zero-order valence-corrected chi connectivity index (χ0v) is 9.24. The Morgan fingerprint density at radius 2 is 1.93 bits per heavy atom. The molecule has 0 amide bonds. The second kappa shape index (κ2) is 4.19. The van der Waals surface area contributed by atoms with Crippen LogP contribution in [0.1, 0.15) is 42.7 Å². The first-order chi connectivity index (χ1) is 7.18. The molecule has 1 heterocycles. The van der Waals surface area contributed by atoms with Gasteiger partial charge in [-0.15, -0.1) is 0 Å². The molecule has 1 saturated carbocycles. The van der Waals surface area contributed by atoms with E-state index in [1.165, 1.54) is 11.1 Å². The number of anilines is 1. The summed E-state index contributed by atoms with van der Waals surface area (Å²) >= 11 is 0. The van der Waals surface area contributed by atoms with Crippen LogP contribution in [0.15, 0.2) is 12.3 Å². The third-order valence-corrected chi connectivity index (χ3v) is 3.42. The quantitative estimate of drug-likeness (QED) is 0.736. The molecular formula is C12H19N3. The fourth-order valence-electron chi connectivity index (χ4n) is 2.53. The van der Waals surface area contributed by atoms with Crippen LogP contribution in [0.25, 0.3) is 0 Å². The molecule has 1 fully saturated rings. The highest BCUT2D eigenvalue weighted by atomic mass is 14.8. The number of aromatic nitrogens is 1. The lowest BCUT2D eigenvalue weighted by Gasteiger charge is -2.27. The van der Waals surface area contributed by atoms with Crippen molar-refractivity contribution in [3.63, 3.8) is 0 Å². The molecule has 2 rings (SSSR count). The molecule has 1 aliphatic rings. The molecule has 0 spiro atoms. The van der Waals surface area contributed by atoms with Gasteiger partial charge in [-0.25, -0.2) is 4.98 Å². The minimum atomic E-state index is 0.388. The summed E-state index contributed by atoms with van der Waals surface area (Å²) in [5, 5.41) is 0. The summed E-state index contributed by atoms with van der Waals surface area (Å²) in [4.78, 5) is 4.18. The van der Waals surface area contributed by atoms with Crippen molar-refractivity contribution in [1.82, 2.24) is 4.98 Å². The Hall–Kier alpha value is -1.09. The average Bonchev–Trinajstić information content (AvgIpc) is 2.20. The first-order valence-electron chi connectivity index (χ1n) is 5.65. The molecule has 3 nitrogen and oxygen atoms in total. The van der Waals surface area contributed by atoms with Gasteiger partial charge in [0.05, 0.1) is 0 Å². The van der Waals surface area contributed by atoms with E-state index in [0.29, 0.717) is 17.8 Å². The van der Waals surface area contributed by atoms with E-state index in [1.807, 2.05) is 6.07 Å². The largest absolute Gasteiger partial charge is 0.383 e. The van der Waals surface area contributed by atoms with Crippen LogP contribution < -0.4 is 11.5 Å². The smallest absolute Gasteiger partial charge is 0.127 e. The Balaban J connectivity index is 2.22. The lowest BCUT2D eigenvalue weighted by molar-refractivity contribution is 0.395. The van der Waals surface area contributed by atoms with Crippen molar-refractivity contribution in [2.24, 2.45) is 5.73 Å². The van der Waals surface area contributed by atoms with Crippen LogP contribution in [0.2, 0.25) is 0 Å². The van der Waals surface area contributed by atoms with Crippen LogP contribution in [-0.2, 0) is 0 Å². The van der Waals surface area contributed by atoms with Crippen molar-refractivity contribution in [3.05, 3.63) is 23.4 Å². The third kappa shape index (κ3) is 2.12. The van der Waals surface area contributed by atoms with Gasteiger partial charge in [-0.05, 0) is 50.2 Å². The fraction of sp³-hybridized carbons (Fsp3) is 0.583. The number of nitrogens with zero attached hydrogens (tertiary/aromatic N) is 1. The van der Waals surface area contributed by atoms with Gasteiger partial charge in [-0.2, -0.15) is 0 Å². The van der Waals surface area contributed by atoms with E-state index in [0.717, 1.165) is 25.7 Å². The zero-order chi connectivity index (χ0) is 10.8. The first kappa shape index (κ1) is 10.4. The van der Waals surface area contributed by atoms with Crippen molar-refractivity contribution in [3.8, 4) is 0 Å². The maximum absolute atomic E-state index is 5.94. The van der Waals surface area contributed by atoms with E-state index >= 15 is 0 Å². The molecule has 0 bridgehead atoms. The maximum atomic E-state index is 5.94. The van der Waals surface area contributed by atoms with Crippen molar-refractivity contribution in [2.45, 2.75) is 44.6 Å². The molecule has 15 heavy (non-hydrogen) atoms. The van der Waals surface area contributed by atoms with Gasteiger partial charge < -0.3 is 11.5 Å². The molecule has 82 valence electrons. The van der Waals surface area contributed by atoms with Crippen LogP contribution in [0.4, 0.5) is 5.82 Å². The van der Waals surface area contributed by atoms with Crippen LogP contribution in [0, 0.1) is 6.92 Å². The normalized spacial score (nSPS) is 26.5. The number of hydrogen-bond acceptors (Lipinski definition) is 3. The average molecular weight is 205 g/mol. The summed E-state index contributed by atoms with van der Waals surface area (Å²) in [6.45, 7) is 2.11. The SMILES string of the molecule is Cc1ccnc(N)c1C1CCC(N)CC1. The van der Waals surface area contributed by atoms with Crippen molar-refractivity contribution in [1.29, 1.82) is 0 Å². The lowest BCUT2D eigenvalue weighted by atomic mass is 9.81. The van der Waals surface area contributed by atoms with Crippen molar-refractivity contribution < 1.29 is 0 Å². The van der Waals surface area contributed by atoms with E-state index in [9.17, 15) is 0 Å². The van der Waals surface area contributed by atoms with Gasteiger partial charge in [-0.3, -0.25) is 0 Å². The van der Waals surface area contributed by atoms with E-state index in [2.05, 4.69) is 11.9 Å². The lowest BCUT2D eigenvalue weighted by Crippen LogP contribution is -2.26. The predicted molar refractivity (Wildman–Crippen MR) is 62.6 cm³/mol. The minimum absolute atomic E-state index is 0.388. The molecule has 1 aliphatic carbocycles. The summed E-state index contributed by atoms with van der Waals surface area (Å²) in [5.41, 5.74) is 14.4. The summed E-state index contributed by atoms with van der Waals surface area (Å²) in [6.07, 6.45) is 6.30. The highest BCUT2D eigenvalue weighted by Gasteiger charge is 2.23. The summed E-state index contributed by atoms with van der Waals surface area (Å²) < 4.78 is 0. The first-order valence-corrected chi connectivity index (χ1v) is 5.65. The van der Waals surface area contributed by atoms with Gasteiger partial charge in [0.25, 0.3) is 0 Å². The van der Waals surface area contributed by atoms with Crippen LogP contribution >= 0.6 is 0 Å². The second-order valence-electron chi connectivity index (χ2n) is 4.54. The van der Waals surface area contributed by atoms with Gasteiger partial charge in [0.15, 0.2) is 0 Å². The highest BCUT2D eigenvalue weighted by molar-refractivity contribution is 5.46. The van der Waals surface area contributed by atoms with Gasteiger partial charge >= 0.3 is 0 Å². The summed E-state index contributed by atoms with van der Waals surface area (Å²) in [7, 11) is 0.